The van der Waals surface area contributed by atoms with Crippen LogP contribution < -0.4 is 51.4 Å². The van der Waals surface area contributed by atoms with Gasteiger partial charge in [-0.1, -0.05) is 0 Å². The average molecular weight is 184 g/mol. The summed E-state index contributed by atoms with van der Waals surface area (Å²) in [6.45, 7) is 1.93. The van der Waals surface area contributed by atoms with Crippen LogP contribution in [-0.2, 0) is 21.7 Å². The SMILES string of the molecule is CCO.[K+].[OH-].[OH-].[OH-].[Ti]. The molecule has 0 saturated heterocycles. The standard InChI is InChI=1S/C2H6O.K.3H2O.Ti/c1-2-3;;;;;/h3H,2H2,1H3;;3*1H2;/q;+1;;;;/p-3. The molecule has 0 aliphatic heterocycles. The summed E-state index contributed by atoms with van der Waals surface area (Å²) in [5.74, 6) is 0. The van der Waals surface area contributed by atoms with Gasteiger partial charge in [0.25, 0.3) is 0 Å². The predicted octanol–water partition coefficient (Wildman–Crippen LogP) is -3.53. The molecule has 0 aliphatic carbocycles. The molecule has 0 aromatic carbocycles. The Morgan fingerprint density at radius 1 is 1.12 bits per heavy atom. The van der Waals surface area contributed by atoms with Crippen molar-refractivity contribution in [1.29, 1.82) is 0 Å². The summed E-state index contributed by atoms with van der Waals surface area (Å²) in [7, 11) is 0. The average Bonchev–Trinajstić information content (AvgIpc) is 0.918. The van der Waals surface area contributed by atoms with E-state index in [1.54, 1.807) is 6.92 Å². The molecule has 4 nitrogen and oxygen atoms in total. The van der Waals surface area contributed by atoms with Gasteiger partial charge in [-0.15, -0.1) is 0 Å². The van der Waals surface area contributed by atoms with Crippen molar-refractivity contribution in [3.05, 3.63) is 0 Å². The minimum Gasteiger partial charge on any atom is -0.870 e. The molecule has 0 amide bonds. The Hall–Kier alpha value is 2.19. The largest absolute Gasteiger partial charge is 1.00 e. The predicted molar refractivity (Wildman–Crippen MR) is 18.6 cm³/mol. The minimum atomic E-state index is 0. The maximum atomic E-state index is 7.57. The molecule has 6 heteroatoms. The Kier molecular flexibility index (Phi) is 371. The first-order valence-corrected chi connectivity index (χ1v) is 1.02. The van der Waals surface area contributed by atoms with E-state index < -0.39 is 0 Å². The van der Waals surface area contributed by atoms with Crippen LogP contribution in [0.2, 0.25) is 0 Å². The number of hydrogen-bond donors (Lipinski definition) is 1. The molecule has 0 heterocycles. The van der Waals surface area contributed by atoms with Crippen LogP contribution in [0.25, 0.3) is 0 Å². The Bertz CT molecular complexity index is 14.0. The molecule has 0 atom stereocenters. The van der Waals surface area contributed by atoms with Gasteiger partial charge in [-0.25, -0.2) is 0 Å². The second kappa shape index (κ2) is 60.6. The van der Waals surface area contributed by atoms with Gasteiger partial charge in [-0.2, -0.15) is 0 Å². The third-order valence-corrected chi connectivity index (χ3v) is 0. The fraction of sp³-hybridized carbons (Fsp3) is 1.00. The fourth-order valence-corrected chi connectivity index (χ4v) is 0. The Balaban J connectivity index is -0.00000000200. The molecule has 4 N–H and O–H groups in total. The van der Waals surface area contributed by atoms with Gasteiger partial charge in [0.15, 0.2) is 0 Å². The van der Waals surface area contributed by atoms with Crippen LogP contribution in [-0.4, -0.2) is 28.1 Å². The normalized spacial score (nSPS) is 2.25. The second-order valence-electron chi connectivity index (χ2n) is 0.316. The van der Waals surface area contributed by atoms with E-state index in [2.05, 4.69) is 0 Å². The summed E-state index contributed by atoms with van der Waals surface area (Å²) in [6.07, 6.45) is 0. The summed E-state index contributed by atoms with van der Waals surface area (Å²) in [6, 6.07) is 0. The van der Waals surface area contributed by atoms with Crippen LogP contribution in [0.5, 0.6) is 0 Å². The van der Waals surface area contributed by atoms with Gasteiger partial charge in [0.2, 0.25) is 0 Å². The molecule has 0 aliphatic rings. The second-order valence-corrected chi connectivity index (χ2v) is 0.316. The van der Waals surface area contributed by atoms with E-state index in [0.717, 1.165) is 0 Å². The minimum absolute atomic E-state index is 0. The van der Waals surface area contributed by atoms with Crippen LogP contribution in [0, 0.1) is 0 Å². The molecule has 0 unspecified atom stereocenters. The third-order valence-electron chi connectivity index (χ3n) is 0. The summed E-state index contributed by atoms with van der Waals surface area (Å²) < 4.78 is 0. The van der Waals surface area contributed by atoms with Gasteiger partial charge in [0, 0.05) is 28.3 Å². The quantitative estimate of drug-likeness (QED) is 0.393. The first-order valence-electron chi connectivity index (χ1n) is 1.02. The van der Waals surface area contributed by atoms with Crippen LogP contribution in [0.4, 0.5) is 0 Å². The molecule has 0 aromatic rings. The van der Waals surface area contributed by atoms with E-state index in [1.807, 2.05) is 0 Å². The Labute approximate surface area is 106 Å². The first kappa shape index (κ1) is 49.0. The molecule has 0 rings (SSSR count). The van der Waals surface area contributed by atoms with Gasteiger partial charge >= 0.3 is 51.4 Å². The molecular formula is C2H9KO4Ti-2. The maximum Gasteiger partial charge on any atom is 1.00 e. The number of rotatable bonds is 0. The molecule has 0 fully saturated rings. The zero-order chi connectivity index (χ0) is 2.71. The van der Waals surface area contributed by atoms with E-state index in [9.17, 15) is 0 Å². The van der Waals surface area contributed by atoms with Gasteiger partial charge in [0.05, 0.1) is 0 Å². The number of aliphatic hydroxyl groups is 1. The molecule has 0 bridgehead atoms. The first-order chi connectivity index (χ1) is 1.41. The molecule has 0 aromatic heterocycles. The van der Waals surface area contributed by atoms with E-state index in [4.69, 9.17) is 5.11 Å². The topological polar surface area (TPSA) is 110 Å². The molecule has 48 valence electrons. The van der Waals surface area contributed by atoms with Crippen molar-refractivity contribution in [2.45, 2.75) is 6.92 Å². The van der Waals surface area contributed by atoms with E-state index in [1.165, 1.54) is 0 Å². The number of aliphatic hydroxyl groups excluding tert-OH is 1. The monoisotopic (exact) mass is 184 g/mol. The van der Waals surface area contributed by atoms with Crippen LogP contribution >= 0.6 is 0 Å². The van der Waals surface area contributed by atoms with E-state index >= 15 is 0 Å². The molecule has 8 heavy (non-hydrogen) atoms. The zero-order valence-electron chi connectivity index (χ0n) is 5.00. The summed E-state index contributed by atoms with van der Waals surface area (Å²) in [5, 5.41) is 7.57. The van der Waals surface area contributed by atoms with Gasteiger partial charge < -0.3 is 21.5 Å². The van der Waals surface area contributed by atoms with Gasteiger partial charge in [-0.05, 0) is 6.92 Å². The Morgan fingerprint density at radius 3 is 1.12 bits per heavy atom. The molecular weight excluding hydrogens is 175 g/mol. The maximum absolute atomic E-state index is 7.57. The van der Waals surface area contributed by atoms with Gasteiger partial charge in [-0.3, -0.25) is 0 Å². The molecule has 0 saturated carbocycles. The molecule has 0 spiro atoms. The smallest absolute Gasteiger partial charge is 0.870 e. The Morgan fingerprint density at radius 2 is 1.12 bits per heavy atom. The summed E-state index contributed by atoms with van der Waals surface area (Å²) >= 11 is 0. The summed E-state index contributed by atoms with van der Waals surface area (Å²) in [5.41, 5.74) is 0. The van der Waals surface area contributed by atoms with Crippen LogP contribution in [0.15, 0.2) is 0 Å². The fourth-order valence-electron chi connectivity index (χ4n) is 0. The van der Waals surface area contributed by atoms with Crippen molar-refractivity contribution in [3.8, 4) is 0 Å². The zero-order valence-corrected chi connectivity index (χ0v) is 9.68. The third kappa shape index (κ3) is 88.2. The van der Waals surface area contributed by atoms with E-state index in [0.29, 0.717) is 0 Å². The van der Waals surface area contributed by atoms with Crippen molar-refractivity contribution >= 4 is 0 Å². The van der Waals surface area contributed by atoms with Crippen molar-refractivity contribution in [2.75, 3.05) is 6.61 Å². The summed E-state index contributed by atoms with van der Waals surface area (Å²) in [4.78, 5) is 0. The van der Waals surface area contributed by atoms with Crippen LogP contribution in [0.1, 0.15) is 6.92 Å². The van der Waals surface area contributed by atoms with Crippen molar-refractivity contribution in [1.82, 2.24) is 0 Å². The number of hydrogen-bond acceptors (Lipinski definition) is 4. The molecule has 0 radical (unpaired) electrons. The van der Waals surface area contributed by atoms with Crippen LogP contribution in [0.3, 0.4) is 0 Å². The van der Waals surface area contributed by atoms with Crippen molar-refractivity contribution < 1.29 is 94.6 Å². The van der Waals surface area contributed by atoms with Crippen molar-refractivity contribution in [2.24, 2.45) is 0 Å². The van der Waals surface area contributed by atoms with Gasteiger partial charge in [0.1, 0.15) is 0 Å². The van der Waals surface area contributed by atoms with E-state index in [-0.39, 0.29) is 96.1 Å². The van der Waals surface area contributed by atoms with Crippen molar-refractivity contribution in [3.63, 3.8) is 0 Å².